The summed E-state index contributed by atoms with van der Waals surface area (Å²) in [6, 6.07) is 15.8. The highest BCUT2D eigenvalue weighted by Crippen LogP contribution is 2.19. The number of anilines is 1. The molecule has 0 fully saturated rings. The molecule has 1 N–H and O–H groups in total. The quantitative estimate of drug-likeness (QED) is 0.629. The van der Waals surface area contributed by atoms with Crippen LogP contribution >= 0.6 is 11.6 Å². The van der Waals surface area contributed by atoms with Gasteiger partial charge in [-0.2, -0.15) is 5.10 Å². The van der Waals surface area contributed by atoms with Crippen molar-refractivity contribution in [3.63, 3.8) is 0 Å². The van der Waals surface area contributed by atoms with Gasteiger partial charge in [0.1, 0.15) is 0 Å². The van der Waals surface area contributed by atoms with Crippen LogP contribution in [0.4, 0.5) is 5.69 Å². The number of hydrogen-bond acceptors (Lipinski definition) is 2. The van der Waals surface area contributed by atoms with E-state index in [2.05, 4.69) is 10.5 Å². The SMILES string of the molecule is Cc1ccc(NN=CC=Cc2ccccc2)cc1Cl. The van der Waals surface area contributed by atoms with Crippen molar-refractivity contribution < 1.29 is 0 Å². The Morgan fingerprint density at radius 2 is 1.89 bits per heavy atom. The van der Waals surface area contributed by atoms with Gasteiger partial charge in [-0.15, -0.1) is 0 Å². The van der Waals surface area contributed by atoms with Crippen LogP contribution in [0.1, 0.15) is 11.1 Å². The van der Waals surface area contributed by atoms with Crippen molar-refractivity contribution in [2.75, 3.05) is 5.43 Å². The molecule has 2 nitrogen and oxygen atoms in total. The minimum atomic E-state index is 0.736. The molecule has 0 amide bonds. The van der Waals surface area contributed by atoms with Gasteiger partial charge >= 0.3 is 0 Å². The maximum absolute atomic E-state index is 6.03. The number of benzene rings is 2. The average Bonchev–Trinajstić information content (AvgIpc) is 2.43. The van der Waals surface area contributed by atoms with Gasteiger partial charge in [0.15, 0.2) is 0 Å². The Balaban J connectivity index is 1.90. The van der Waals surface area contributed by atoms with Crippen LogP contribution in [0.25, 0.3) is 6.08 Å². The monoisotopic (exact) mass is 270 g/mol. The van der Waals surface area contributed by atoms with Crippen molar-refractivity contribution >= 4 is 29.6 Å². The number of nitrogens with one attached hydrogen (secondary N) is 1. The zero-order valence-electron chi connectivity index (χ0n) is 10.7. The van der Waals surface area contributed by atoms with E-state index in [1.54, 1.807) is 6.21 Å². The van der Waals surface area contributed by atoms with Crippen molar-refractivity contribution in [1.29, 1.82) is 0 Å². The molecule has 2 aromatic carbocycles. The highest BCUT2D eigenvalue weighted by atomic mass is 35.5. The molecule has 2 aromatic rings. The van der Waals surface area contributed by atoms with Crippen molar-refractivity contribution in [3.8, 4) is 0 Å². The zero-order chi connectivity index (χ0) is 13.5. The lowest BCUT2D eigenvalue weighted by atomic mass is 10.2. The number of nitrogens with zero attached hydrogens (tertiary/aromatic N) is 1. The third-order valence-corrected chi connectivity index (χ3v) is 3.02. The molecule has 96 valence electrons. The highest BCUT2D eigenvalue weighted by molar-refractivity contribution is 6.31. The second-order valence-electron chi connectivity index (χ2n) is 4.12. The first-order valence-electron chi connectivity index (χ1n) is 6.02. The van der Waals surface area contributed by atoms with Gasteiger partial charge in [0.2, 0.25) is 0 Å². The Hall–Kier alpha value is -2.06. The molecule has 3 heteroatoms. The van der Waals surface area contributed by atoms with Crippen molar-refractivity contribution in [2.24, 2.45) is 5.10 Å². The molecule has 0 unspecified atom stereocenters. The van der Waals surface area contributed by atoms with E-state index in [4.69, 9.17) is 11.6 Å². The number of aryl methyl sites for hydroxylation is 1. The molecule has 0 aliphatic rings. The Morgan fingerprint density at radius 1 is 1.11 bits per heavy atom. The molecule has 0 aliphatic carbocycles. The fraction of sp³-hybridized carbons (Fsp3) is 0.0625. The van der Waals surface area contributed by atoms with Gasteiger partial charge in [-0.1, -0.05) is 54.1 Å². The summed E-state index contributed by atoms with van der Waals surface area (Å²) in [5, 5.41) is 4.84. The maximum Gasteiger partial charge on any atom is 0.0576 e. The number of hydrazone groups is 1. The first kappa shape index (κ1) is 13.4. The lowest BCUT2D eigenvalue weighted by Crippen LogP contribution is -1.88. The van der Waals surface area contributed by atoms with Gasteiger partial charge in [0.05, 0.1) is 5.69 Å². The summed E-state index contributed by atoms with van der Waals surface area (Å²) >= 11 is 6.03. The maximum atomic E-state index is 6.03. The second-order valence-corrected chi connectivity index (χ2v) is 4.53. The van der Waals surface area contributed by atoms with Crippen LogP contribution in [0.3, 0.4) is 0 Å². The fourth-order valence-corrected chi connectivity index (χ4v) is 1.72. The summed E-state index contributed by atoms with van der Waals surface area (Å²) in [5.41, 5.74) is 6.01. The second kappa shape index (κ2) is 6.76. The van der Waals surface area contributed by atoms with Crippen LogP contribution < -0.4 is 5.43 Å². The van der Waals surface area contributed by atoms with E-state index in [0.29, 0.717) is 0 Å². The van der Waals surface area contributed by atoms with Crippen LogP contribution in [-0.2, 0) is 0 Å². The first-order valence-corrected chi connectivity index (χ1v) is 6.40. The van der Waals surface area contributed by atoms with Crippen LogP contribution in [0.5, 0.6) is 0 Å². The van der Waals surface area contributed by atoms with Gasteiger partial charge in [0, 0.05) is 11.2 Å². The standard InChI is InChI=1S/C16H15ClN2/c1-13-9-10-15(12-16(13)17)19-18-11-5-8-14-6-3-2-4-7-14/h2-12,19H,1H3. The summed E-state index contributed by atoms with van der Waals surface area (Å²) < 4.78 is 0. The Morgan fingerprint density at radius 3 is 2.63 bits per heavy atom. The van der Waals surface area contributed by atoms with E-state index in [-0.39, 0.29) is 0 Å². The van der Waals surface area contributed by atoms with Gasteiger partial charge in [-0.3, -0.25) is 5.43 Å². The summed E-state index contributed by atoms with van der Waals surface area (Å²) in [4.78, 5) is 0. The fourth-order valence-electron chi connectivity index (χ4n) is 1.54. The lowest BCUT2D eigenvalue weighted by Gasteiger charge is -2.02. The molecular weight excluding hydrogens is 256 g/mol. The smallest absolute Gasteiger partial charge is 0.0576 e. The van der Waals surface area contributed by atoms with Crippen LogP contribution in [0.15, 0.2) is 59.7 Å². The van der Waals surface area contributed by atoms with E-state index < -0.39 is 0 Å². The van der Waals surface area contributed by atoms with E-state index >= 15 is 0 Å². The molecule has 19 heavy (non-hydrogen) atoms. The van der Waals surface area contributed by atoms with Crippen LogP contribution in [0.2, 0.25) is 5.02 Å². The summed E-state index contributed by atoms with van der Waals surface area (Å²) in [6.07, 6.45) is 5.59. The van der Waals surface area contributed by atoms with Crippen molar-refractivity contribution in [3.05, 3.63) is 70.8 Å². The molecule has 0 aromatic heterocycles. The molecule has 0 aliphatic heterocycles. The predicted molar refractivity (Wildman–Crippen MR) is 83.8 cm³/mol. The molecule has 0 saturated carbocycles. The first-order chi connectivity index (χ1) is 9.25. The topological polar surface area (TPSA) is 24.4 Å². The van der Waals surface area contributed by atoms with Gasteiger partial charge < -0.3 is 0 Å². The van der Waals surface area contributed by atoms with Gasteiger partial charge in [-0.05, 0) is 36.3 Å². The average molecular weight is 271 g/mol. The van der Waals surface area contributed by atoms with E-state index in [9.17, 15) is 0 Å². The predicted octanol–water partition coefficient (Wildman–Crippen LogP) is 4.76. The third kappa shape index (κ3) is 4.27. The molecule has 0 heterocycles. The minimum absolute atomic E-state index is 0.736. The van der Waals surface area contributed by atoms with Crippen LogP contribution in [-0.4, -0.2) is 6.21 Å². The molecule has 0 saturated heterocycles. The molecule has 2 rings (SSSR count). The lowest BCUT2D eigenvalue weighted by molar-refractivity contribution is 1.34. The zero-order valence-corrected chi connectivity index (χ0v) is 11.4. The van der Waals surface area contributed by atoms with Crippen molar-refractivity contribution in [2.45, 2.75) is 6.92 Å². The van der Waals surface area contributed by atoms with Gasteiger partial charge in [-0.25, -0.2) is 0 Å². The summed E-state index contributed by atoms with van der Waals surface area (Å²) in [7, 11) is 0. The van der Waals surface area contributed by atoms with Crippen molar-refractivity contribution in [1.82, 2.24) is 0 Å². The summed E-state index contributed by atoms with van der Waals surface area (Å²) in [5.74, 6) is 0. The Labute approximate surface area is 118 Å². The number of halogens is 1. The normalized spacial score (nSPS) is 11.3. The van der Waals surface area contributed by atoms with E-state index in [0.717, 1.165) is 21.8 Å². The van der Waals surface area contributed by atoms with Crippen LogP contribution in [0, 0.1) is 6.92 Å². The Kier molecular flexibility index (Phi) is 4.76. The Bertz CT molecular complexity index is 589. The highest BCUT2D eigenvalue weighted by Gasteiger charge is 1.95. The van der Waals surface area contributed by atoms with Gasteiger partial charge in [0.25, 0.3) is 0 Å². The van der Waals surface area contributed by atoms with E-state index in [1.165, 1.54) is 0 Å². The summed E-state index contributed by atoms with van der Waals surface area (Å²) in [6.45, 7) is 1.97. The number of allylic oxidation sites excluding steroid dienone is 1. The van der Waals surface area contributed by atoms with E-state index in [1.807, 2.05) is 67.6 Å². The molecular formula is C16H15ClN2. The molecule has 0 bridgehead atoms. The molecule has 0 radical (unpaired) electrons. The number of hydrogen-bond donors (Lipinski definition) is 1. The minimum Gasteiger partial charge on any atom is -0.278 e. The molecule has 0 atom stereocenters. The largest absolute Gasteiger partial charge is 0.278 e. The molecule has 0 spiro atoms. The number of rotatable bonds is 4. The third-order valence-electron chi connectivity index (χ3n) is 2.61.